The highest BCUT2D eigenvalue weighted by molar-refractivity contribution is 6.77. The molecular weight excluding hydrogens is 400 g/mol. The van der Waals surface area contributed by atoms with Gasteiger partial charge in [-0.3, -0.25) is 0 Å². The molecule has 0 radical (unpaired) electrons. The Kier molecular flexibility index (Phi) is 13.0. The summed E-state index contributed by atoms with van der Waals surface area (Å²) in [4.78, 5) is 11.8. The van der Waals surface area contributed by atoms with Crippen LogP contribution in [-0.2, 0) is 14.0 Å². The third kappa shape index (κ3) is 8.88. The average Bonchev–Trinajstić information content (AvgIpc) is 2.71. The second kappa shape index (κ2) is 14.3. The molecule has 0 aromatic carbocycles. The minimum absolute atomic E-state index is 0.247. The number of unbranched alkanes of at least 4 members (excludes halogenated alkanes) is 1. The summed E-state index contributed by atoms with van der Waals surface area (Å²) >= 11 is 0. The molecule has 4 heteroatoms. The number of hydrogen-bond donors (Lipinski definition) is 0. The molecule has 180 valence electrons. The number of ether oxygens (including phenoxy) is 1. The SMILES string of the molecule is CCCCOC(=O)/C=C/C=C(\C)CC(O[Si](C(C)C)(C(C)C)C(C)C)C1CCCCC1. The molecule has 1 fully saturated rings. The van der Waals surface area contributed by atoms with Gasteiger partial charge in [-0.15, -0.1) is 0 Å². The number of allylic oxidation sites excluding steroid dienone is 2. The molecule has 1 saturated carbocycles. The van der Waals surface area contributed by atoms with Crippen molar-refractivity contribution < 1.29 is 14.0 Å². The van der Waals surface area contributed by atoms with Gasteiger partial charge in [0.1, 0.15) is 0 Å². The fourth-order valence-electron chi connectivity index (χ4n) is 5.52. The van der Waals surface area contributed by atoms with E-state index in [-0.39, 0.29) is 5.97 Å². The maximum Gasteiger partial charge on any atom is 0.330 e. The van der Waals surface area contributed by atoms with E-state index in [9.17, 15) is 4.79 Å². The fourth-order valence-corrected chi connectivity index (χ4v) is 11.1. The summed E-state index contributed by atoms with van der Waals surface area (Å²) in [6, 6.07) is 0. The zero-order valence-electron chi connectivity index (χ0n) is 21.7. The lowest BCUT2D eigenvalue weighted by molar-refractivity contribution is -0.137. The van der Waals surface area contributed by atoms with Crippen molar-refractivity contribution in [1.29, 1.82) is 0 Å². The van der Waals surface area contributed by atoms with Crippen LogP contribution in [0.1, 0.15) is 107 Å². The summed E-state index contributed by atoms with van der Waals surface area (Å²) in [6.45, 7) is 19.0. The quantitative estimate of drug-likeness (QED) is 0.0929. The highest BCUT2D eigenvalue weighted by Crippen LogP contribution is 2.45. The van der Waals surface area contributed by atoms with Crippen molar-refractivity contribution in [1.82, 2.24) is 0 Å². The molecule has 1 aliphatic carbocycles. The topological polar surface area (TPSA) is 35.5 Å². The van der Waals surface area contributed by atoms with Crippen LogP contribution in [0.4, 0.5) is 0 Å². The molecule has 1 rings (SSSR count). The van der Waals surface area contributed by atoms with Crippen molar-refractivity contribution >= 4 is 14.3 Å². The van der Waals surface area contributed by atoms with E-state index in [0.29, 0.717) is 35.3 Å². The lowest BCUT2D eigenvalue weighted by Gasteiger charge is -2.47. The van der Waals surface area contributed by atoms with Gasteiger partial charge in [0.25, 0.3) is 0 Å². The van der Waals surface area contributed by atoms with E-state index < -0.39 is 8.32 Å². The van der Waals surface area contributed by atoms with E-state index in [1.54, 1.807) is 6.08 Å². The van der Waals surface area contributed by atoms with Gasteiger partial charge in [0.15, 0.2) is 0 Å². The Labute approximate surface area is 194 Å². The molecule has 0 aliphatic heterocycles. The summed E-state index contributed by atoms with van der Waals surface area (Å²) in [5, 5.41) is 0. The van der Waals surface area contributed by atoms with Gasteiger partial charge in [0.2, 0.25) is 8.32 Å². The van der Waals surface area contributed by atoms with E-state index >= 15 is 0 Å². The molecule has 1 aliphatic rings. The second-order valence-corrected chi connectivity index (χ2v) is 15.9. The molecule has 1 unspecified atom stereocenters. The summed E-state index contributed by atoms with van der Waals surface area (Å²) in [6.07, 6.45) is 15.3. The molecule has 1 atom stereocenters. The summed E-state index contributed by atoms with van der Waals surface area (Å²) in [5.74, 6) is 0.409. The van der Waals surface area contributed by atoms with E-state index in [0.717, 1.165) is 19.3 Å². The molecular formula is C27H50O3Si. The monoisotopic (exact) mass is 450 g/mol. The van der Waals surface area contributed by atoms with Crippen molar-refractivity contribution in [2.24, 2.45) is 5.92 Å². The van der Waals surface area contributed by atoms with Crippen molar-refractivity contribution in [3.63, 3.8) is 0 Å². The van der Waals surface area contributed by atoms with Crippen molar-refractivity contribution in [2.45, 2.75) is 129 Å². The van der Waals surface area contributed by atoms with Crippen LogP contribution in [0.3, 0.4) is 0 Å². The number of carbonyl (C=O) groups is 1. The first kappa shape index (κ1) is 28.2. The van der Waals surface area contributed by atoms with Crippen LogP contribution in [0.15, 0.2) is 23.8 Å². The van der Waals surface area contributed by atoms with Gasteiger partial charge in [0, 0.05) is 6.08 Å². The molecule has 3 nitrogen and oxygen atoms in total. The number of esters is 1. The van der Waals surface area contributed by atoms with Crippen LogP contribution in [0.2, 0.25) is 16.6 Å². The predicted molar refractivity (Wildman–Crippen MR) is 136 cm³/mol. The van der Waals surface area contributed by atoms with Gasteiger partial charge >= 0.3 is 5.97 Å². The molecule has 0 amide bonds. The van der Waals surface area contributed by atoms with Crippen LogP contribution in [0.25, 0.3) is 0 Å². The maximum atomic E-state index is 11.8. The van der Waals surface area contributed by atoms with Crippen LogP contribution in [0.5, 0.6) is 0 Å². The van der Waals surface area contributed by atoms with Crippen LogP contribution >= 0.6 is 0 Å². The number of rotatable bonds is 13. The number of hydrogen-bond acceptors (Lipinski definition) is 3. The predicted octanol–water partition coefficient (Wildman–Crippen LogP) is 8.36. The van der Waals surface area contributed by atoms with Crippen molar-refractivity contribution in [2.75, 3.05) is 6.61 Å². The minimum atomic E-state index is -1.93. The third-order valence-electron chi connectivity index (χ3n) is 7.12. The smallest absolute Gasteiger partial charge is 0.330 e. The Morgan fingerprint density at radius 2 is 1.58 bits per heavy atom. The van der Waals surface area contributed by atoms with Gasteiger partial charge in [-0.25, -0.2) is 4.79 Å². The van der Waals surface area contributed by atoms with E-state index in [2.05, 4.69) is 61.5 Å². The van der Waals surface area contributed by atoms with Crippen molar-refractivity contribution in [3.8, 4) is 0 Å². The van der Waals surface area contributed by atoms with Crippen LogP contribution in [-0.4, -0.2) is 27.0 Å². The van der Waals surface area contributed by atoms with E-state index in [1.165, 1.54) is 37.7 Å². The van der Waals surface area contributed by atoms with Gasteiger partial charge < -0.3 is 9.16 Å². The summed E-state index contributed by atoms with van der Waals surface area (Å²) < 4.78 is 12.5. The van der Waals surface area contributed by atoms with Gasteiger partial charge in [-0.1, -0.05) is 91.9 Å². The molecule has 0 saturated heterocycles. The molecule has 0 N–H and O–H groups in total. The normalized spacial score (nSPS) is 17.8. The Bertz CT molecular complexity index is 549. The molecule has 0 heterocycles. The van der Waals surface area contributed by atoms with Crippen LogP contribution in [0, 0.1) is 5.92 Å². The van der Waals surface area contributed by atoms with E-state index in [1.807, 2.05) is 6.08 Å². The van der Waals surface area contributed by atoms with Crippen molar-refractivity contribution in [3.05, 3.63) is 23.8 Å². The number of carbonyl (C=O) groups excluding carboxylic acids is 1. The zero-order valence-corrected chi connectivity index (χ0v) is 22.7. The van der Waals surface area contributed by atoms with Crippen LogP contribution < -0.4 is 0 Å². The fraction of sp³-hybridized carbons (Fsp3) is 0.815. The van der Waals surface area contributed by atoms with E-state index in [4.69, 9.17) is 9.16 Å². The highest BCUT2D eigenvalue weighted by atomic mass is 28.4. The Balaban J connectivity index is 2.96. The van der Waals surface area contributed by atoms with Gasteiger partial charge in [-0.2, -0.15) is 0 Å². The third-order valence-corrected chi connectivity index (χ3v) is 13.2. The minimum Gasteiger partial charge on any atom is -0.463 e. The standard InChI is InChI=1S/C27H50O3Si/c1-9-10-19-29-27(28)18-14-15-24(8)20-26(25-16-12-11-13-17-25)30-31(21(2)3,22(4)5)23(6)7/h14-15,18,21-23,25-26H,9-13,16-17,19-20H2,1-8H3/b18-14+,24-15+. The summed E-state index contributed by atoms with van der Waals surface area (Å²) in [7, 11) is -1.93. The largest absolute Gasteiger partial charge is 0.463 e. The first-order valence-electron chi connectivity index (χ1n) is 12.8. The second-order valence-electron chi connectivity index (χ2n) is 10.5. The first-order chi connectivity index (χ1) is 14.6. The Morgan fingerprint density at radius 1 is 1.00 bits per heavy atom. The first-order valence-corrected chi connectivity index (χ1v) is 15.0. The molecule has 0 spiro atoms. The Hall–Kier alpha value is -0.873. The van der Waals surface area contributed by atoms with Gasteiger partial charge in [0.05, 0.1) is 12.7 Å². The summed E-state index contributed by atoms with van der Waals surface area (Å²) in [5.41, 5.74) is 3.08. The maximum absolute atomic E-state index is 11.8. The molecule has 0 aromatic heterocycles. The molecule has 31 heavy (non-hydrogen) atoms. The lowest BCUT2D eigenvalue weighted by Crippen LogP contribution is -2.51. The lowest BCUT2D eigenvalue weighted by atomic mass is 9.83. The molecule has 0 bridgehead atoms. The zero-order chi connectivity index (χ0) is 23.4. The van der Waals surface area contributed by atoms with Gasteiger partial charge in [-0.05, 0) is 55.1 Å². The average molecular weight is 451 g/mol. The molecule has 0 aromatic rings. The Morgan fingerprint density at radius 3 is 2.10 bits per heavy atom. The highest BCUT2D eigenvalue weighted by Gasteiger charge is 2.47.